The van der Waals surface area contributed by atoms with Crippen LogP contribution in [-0.2, 0) is 12.8 Å². The molecule has 1 heterocycles. The first-order valence-electron chi connectivity index (χ1n) is 3.61. The van der Waals surface area contributed by atoms with Crippen LogP contribution in [0.25, 0.3) is 0 Å². The van der Waals surface area contributed by atoms with Crippen LogP contribution in [0.3, 0.4) is 0 Å². The summed E-state index contributed by atoms with van der Waals surface area (Å²) in [4.78, 5) is 7.39. The molecule has 62 valence electrons. The third kappa shape index (κ3) is 2.79. The lowest BCUT2D eigenvalue weighted by Crippen LogP contribution is -1.90. The number of aromatic amines is 1. The maximum atomic E-state index is 4.19. The van der Waals surface area contributed by atoms with E-state index in [0.717, 1.165) is 35.9 Å². The van der Waals surface area contributed by atoms with E-state index in [1.165, 1.54) is 0 Å². The first-order chi connectivity index (χ1) is 5.36. The molecule has 0 aromatic carbocycles. The van der Waals surface area contributed by atoms with Gasteiger partial charge in [0.05, 0.1) is 0 Å². The molecule has 0 spiro atoms. The lowest BCUT2D eigenvalue weighted by Gasteiger charge is -1.90. The van der Waals surface area contributed by atoms with Crippen LogP contribution in [0.1, 0.15) is 11.5 Å². The minimum absolute atomic E-state index is 0.841. The number of nitrogens with zero attached hydrogens (tertiary/aromatic N) is 1. The van der Waals surface area contributed by atoms with Gasteiger partial charge in [-0.15, -0.1) is 0 Å². The predicted molar refractivity (Wildman–Crippen MR) is 53.7 cm³/mol. The van der Waals surface area contributed by atoms with E-state index in [2.05, 4.69) is 35.2 Å². The van der Waals surface area contributed by atoms with E-state index in [-0.39, 0.29) is 0 Å². The van der Waals surface area contributed by atoms with Gasteiger partial charge in [0.2, 0.25) is 0 Å². The molecule has 0 amide bonds. The van der Waals surface area contributed by atoms with Gasteiger partial charge in [-0.2, -0.15) is 25.3 Å². The molecule has 1 N–H and O–H groups in total. The molecule has 1 aromatic heterocycles. The first-order valence-corrected chi connectivity index (χ1v) is 4.87. The van der Waals surface area contributed by atoms with Gasteiger partial charge in [-0.3, -0.25) is 0 Å². The van der Waals surface area contributed by atoms with Crippen LogP contribution in [0.5, 0.6) is 0 Å². The third-order valence-electron chi connectivity index (χ3n) is 1.41. The zero-order chi connectivity index (χ0) is 8.10. The van der Waals surface area contributed by atoms with Gasteiger partial charge in [-0.1, -0.05) is 0 Å². The summed E-state index contributed by atoms with van der Waals surface area (Å²) in [6.07, 6.45) is 3.74. The Kier molecular flexibility index (Phi) is 3.86. The summed E-state index contributed by atoms with van der Waals surface area (Å²) in [7, 11) is 0. The van der Waals surface area contributed by atoms with Gasteiger partial charge in [0, 0.05) is 18.3 Å². The van der Waals surface area contributed by atoms with Crippen molar-refractivity contribution in [3.05, 3.63) is 17.7 Å². The topological polar surface area (TPSA) is 28.7 Å². The molecule has 11 heavy (non-hydrogen) atoms. The van der Waals surface area contributed by atoms with Gasteiger partial charge in [0.1, 0.15) is 5.82 Å². The van der Waals surface area contributed by atoms with Crippen molar-refractivity contribution in [3.63, 3.8) is 0 Å². The van der Waals surface area contributed by atoms with Crippen LogP contribution < -0.4 is 0 Å². The summed E-state index contributed by atoms with van der Waals surface area (Å²) in [5, 5.41) is 0. The first kappa shape index (κ1) is 9.00. The maximum absolute atomic E-state index is 4.19. The minimum Gasteiger partial charge on any atom is -0.346 e. The molecule has 0 saturated heterocycles. The number of thiol groups is 2. The largest absolute Gasteiger partial charge is 0.346 e. The Labute approximate surface area is 77.6 Å². The van der Waals surface area contributed by atoms with Crippen LogP contribution in [0.2, 0.25) is 0 Å². The Morgan fingerprint density at radius 2 is 2.00 bits per heavy atom. The van der Waals surface area contributed by atoms with Crippen LogP contribution in [0, 0.1) is 0 Å². The summed E-state index contributed by atoms with van der Waals surface area (Å²) in [5.74, 6) is 2.73. The second-order valence-corrected chi connectivity index (χ2v) is 3.20. The van der Waals surface area contributed by atoms with E-state index in [1.807, 2.05) is 6.20 Å². The van der Waals surface area contributed by atoms with E-state index in [0.29, 0.717) is 0 Å². The predicted octanol–water partition coefficient (Wildman–Crippen LogP) is 1.35. The zero-order valence-electron chi connectivity index (χ0n) is 6.25. The second kappa shape index (κ2) is 4.72. The number of rotatable bonds is 4. The smallest absolute Gasteiger partial charge is 0.107 e. The fourth-order valence-corrected chi connectivity index (χ4v) is 1.34. The van der Waals surface area contributed by atoms with E-state index in [1.54, 1.807) is 0 Å². The minimum atomic E-state index is 0.841. The van der Waals surface area contributed by atoms with Crippen LogP contribution in [-0.4, -0.2) is 21.5 Å². The Morgan fingerprint density at radius 1 is 1.27 bits per heavy atom. The average molecular weight is 188 g/mol. The molecule has 0 aliphatic rings. The van der Waals surface area contributed by atoms with Crippen LogP contribution in [0.4, 0.5) is 0 Å². The molecule has 0 atom stereocenters. The van der Waals surface area contributed by atoms with Crippen molar-refractivity contribution in [2.24, 2.45) is 0 Å². The Balaban J connectivity index is 2.51. The summed E-state index contributed by atoms with van der Waals surface area (Å²) >= 11 is 8.25. The van der Waals surface area contributed by atoms with E-state index in [4.69, 9.17) is 0 Å². The SMILES string of the molecule is SCCc1cnc(CCS)[nH]1. The number of hydrogen-bond acceptors (Lipinski definition) is 3. The average Bonchev–Trinajstić information content (AvgIpc) is 2.38. The quantitative estimate of drug-likeness (QED) is 0.612. The Morgan fingerprint density at radius 3 is 2.64 bits per heavy atom. The van der Waals surface area contributed by atoms with Crippen molar-refractivity contribution >= 4 is 25.3 Å². The fourth-order valence-electron chi connectivity index (χ4n) is 0.886. The number of imidazole rings is 1. The van der Waals surface area contributed by atoms with Crippen molar-refractivity contribution < 1.29 is 0 Å². The van der Waals surface area contributed by atoms with Gasteiger partial charge in [-0.05, 0) is 17.9 Å². The van der Waals surface area contributed by atoms with Gasteiger partial charge >= 0.3 is 0 Å². The summed E-state index contributed by atoms with van der Waals surface area (Å²) in [6, 6.07) is 0. The highest BCUT2D eigenvalue weighted by Crippen LogP contribution is 2.00. The van der Waals surface area contributed by atoms with Gasteiger partial charge in [-0.25, -0.2) is 4.98 Å². The highest BCUT2D eigenvalue weighted by atomic mass is 32.1. The molecule has 0 radical (unpaired) electrons. The van der Waals surface area contributed by atoms with E-state index in [9.17, 15) is 0 Å². The highest BCUT2D eigenvalue weighted by molar-refractivity contribution is 7.80. The Hall–Kier alpha value is -0.0900. The molecule has 1 aromatic rings. The molecular weight excluding hydrogens is 176 g/mol. The number of aryl methyl sites for hydroxylation is 2. The van der Waals surface area contributed by atoms with E-state index < -0.39 is 0 Å². The molecular formula is C7H12N2S2. The Bertz CT molecular complexity index is 189. The number of H-pyrrole nitrogens is 1. The molecule has 0 unspecified atom stereocenters. The normalized spacial score (nSPS) is 10.4. The molecule has 0 aliphatic heterocycles. The van der Waals surface area contributed by atoms with Crippen molar-refractivity contribution in [1.29, 1.82) is 0 Å². The number of hydrogen-bond donors (Lipinski definition) is 3. The standard InChI is InChI=1S/C7H12N2S2/c10-3-1-6-5-8-7(9-6)2-4-11/h5,10-11H,1-4H2,(H,8,9). The van der Waals surface area contributed by atoms with Crippen molar-refractivity contribution in [3.8, 4) is 0 Å². The molecule has 4 heteroatoms. The van der Waals surface area contributed by atoms with Gasteiger partial charge in [0.25, 0.3) is 0 Å². The molecule has 1 rings (SSSR count). The second-order valence-electron chi connectivity index (χ2n) is 2.30. The summed E-state index contributed by atoms with van der Waals surface area (Å²) in [6.45, 7) is 0. The summed E-state index contributed by atoms with van der Waals surface area (Å²) in [5.41, 5.74) is 1.16. The van der Waals surface area contributed by atoms with Crippen molar-refractivity contribution in [2.45, 2.75) is 12.8 Å². The van der Waals surface area contributed by atoms with Crippen molar-refractivity contribution in [1.82, 2.24) is 9.97 Å². The highest BCUT2D eigenvalue weighted by Gasteiger charge is 1.97. The lowest BCUT2D eigenvalue weighted by molar-refractivity contribution is 0.975. The van der Waals surface area contributed by atoms with Gasteiger partial charge in [0.15, 0.2) is 0 Å². The molecule has 0 bridgehead atoms. The van der Waals surface area contributed by atoms with Gasteiger partial charge < -0.3 is 4.98 Å². The number of nitrogens with one attached hydrogen (secondary N) is 1. The third-order valence-corrected chi connectivity index (χ3v) is 1.86. The molecule has 0 fully saturated rings. The zero-order valence-corrected chi connectivity index (χ0v) is 8.04. The monoisotopic (exact) mass is 188 g/mol. The molecule has 0 saturated carbocycles. The van der Waals surface area contributed by atoms with E-state index >= 15 is 0 Å². The number of aromatic nitrogens is 2. The molecule has 0 aliphatic carbocycles. The molecule has 2 nitrogen and oxygen atoms in total. The lowest BCUT2D eigenvalue weighted by atomic mass is 10.4. The van der Waals surface area contributed by atoms with Crippen LogP contribution >= 0.6 is 25.3 Å². The van der Waals surface area contributed by atoms with Crippen LogP contribution in [0.15, 0.2) is 6.20 Å². The maximum Gasteiger partial charge on any atom is 0.107 e. The van der Waals surface area contributed by atoms with Crippen molar-refractivity contribution in [2.75, 3.05) is 11.5 Å². The summed E-state index contributed by atoms with van der Waals surface area (Å²) < 4.78 is 0. The fraction of sp³-hybridized carbons (Fsp3) is 0.571.